The molecule has 0 saturated heterocycles. The minimum Gasteiger partial charge on any atom is -0.398 e. The van der Waals surface area contributed by atoms with Crippen molar-refractivity contribution in [3.8, 4) is 11.4 Å². The van der Waals surface area contributed by atoms with Gasteiger partial charge in [0, 0.05) is 18.4 Å². The van der Waals surface area contributed by atoms with Crippen LogP contribution in [0.1, 0.15) is 25.3 Å². The molecule has 2 aromatic rings. The van der Waals surface area contributed by atoms with Gasteiger partial charge in [-0.05, 0) is 18.6 Å². The number of benzene rings is 1. The molecule has 0 aliphatic heterocycles. The van der Waals surface area contributed by atoms with Crippen molar-refractivity contribution < 1.29 is 14.0 Å². The van der Waals surface area contributed by atoms with Crippen LogP contribution in [-0.4, -0.2) is 30.5 Å². The maximum atomic E-state index is 5.85. The van der Waals surface area contributed by atoms with Crippen LogP contribution >= 0.6 is 0 Å². The van der Waals surface area contributed by atoms with Crippen molar-refractivity contribution in [1.82, 2.24) is 10.1 Å². The molecule has 21 heavy (non-hydrogen) atoms. The van der Waals surface area contributed by atoms with Crippen LogP contribution < -0.4 is 5.73 Å². The molecular formula is C15H23N3O3. The molecule has 2 N–H and O–H groups in total. The van der Waals surface area contributed by atoms with Gasteiger partial charge in [-0.15, -0.1) is 0 Å². The highest BCUT2D eigenvalue weighted by Crippen LogP contribution is 2.21. The van der Waals surface area contributed by atoms with Gasteiger partial charge in [0.1, 0.15) is 6.61 Å². The molecule has 0 saturated carbocycles. The van der Waals surface area contributed by atoms with E-state index in [0.29, 0.717) is 30.6 Å². The topological polar surface area (TPSA) is 83.4 Å². The maximum Gasteiger partial charge on any atom is 0.252 e. The van der Waals surface area contributed by atoms with Crippen LogP contribution in [0.25, 0.3) is 11.4 Å². The first-order valence-electron chi connectivity index (χ1n) is 6.96. The second-order valence-electron chi connectivity index (χ2n) is 4.13. The van der Waals surface area contributed by atoms with Crippen LogP contribution in [0.15, 0.2) is 22.7 Å². The second-order valence-corrected chi connectivity index (χ2v) is 4.13. The molecule has 0 aliphatic carbocycles. The third-order valence-electron chi connectivity index (χ3n) is 2.66. The fraction of sp³-hybridized carbons (Fsp3) is 0.467. The van der Waals surface area contributed by atoms with Gasteiger partial charge < -0.3 is 19.7 Å². The van der Waals surface area contributed by atoms with E-state index in [1.165, 1.54) is 0 Å². The summed E-state index contributed by atoms with van der Waals surface area (Å²) in [7, 11) is 1.62. The lowest BCUT2D eigenvalue weighted by Gasteiger charge is -2.00. The molecule has 116 valence electrons. The lowest BCUT2D eigenvalue weighted by Crippen LogP contribution is -2.01. The number of hydrogen-bond acceptors (Lipinski definition) is 6. The number of nitrogens with zero attached hydrogens (tertiary/aromatic N) is 2. The zero-order valence-corrected chi connectivity index (χ0v) is 13.0. The molecule has 0 radical (unpaired) electrons. The molecule has 0 amide bonds. The molecule has 0 fully saturated rings. The van der Waals surface area contributed by atoms with Crippen molar-refractivity contribution in [2.45, 2.75) is 27.4 Å². The van der Waals surface area contributed by atoms with E-state index in [1.807, 2.05) is 39.0 Å². The molecule has 1 heterocycles. The number of aromatic nitrogens is 2. The normalized spacial score (nSPS) is 10.1. The molecule has 0 atom stereocenters. The Hall–Kier alpha value is -1.92. The van der Waals surface area contributed by atoms with Gasteiger partial charge in [0.2, 0.25) is 5.82 Å². The summed E-state index contributed by atoms with van der Waals surface area (Å²) >= 11 is 0. The number of aryl methyl sites for hydroxylation is 1. The van der Waals surface area contributed by atoms with E-state index in [2.05, 4.69) is 10.1 Å². The summed E-state index contributed by atoms with van der Waals surface area (Å²) in [6.45, 7) is 7.25. The van der Waals surface area contributed by atoms with E-state index in [4.69, 9.17) is 19.7 Å². The number of methoxy groups -OCH3 is 1. The zero-order chi connectivity index (χ0) is 15.7. The number of nitrogens with two attached hydrogens (primary N) is 1. The second kappa shape index (κ2) is 9.10. The molecule has 2 rings (SSSR count). The minimum atomic E-state index is 0.275. The minimum absolute atomic E-state index is 0.275. The van der Waals surface area contributed by atoms with E-state index in [9.17, 15) is 0 Å². The maximum absolute atomic E-state index is 5.85. The van der Waals surface area contributed by atoms with Gasteiger partial charge >= 0.3 is 0 Å². The quantitative estimate of drug-likeness (QED) is 0.651. The van der Waals surface area contributed by atoms with E-state index < -0.39 is 0 Å². The Balaban J connectivity index is 0.00000106. The van der Waals surface area contributed by atoms with Crippen molar-refractivity contribution in [3.05, 3.63) is 29.7 Å². The Morgan fingerprint density at radius 3 is 2.67 bits per heavy atom. The molecule has 1 aromatic heterocycles. The van der Waals surface area contributed by atoms with Gasteiger partial charge in [-0.25, -0.2) is 0 Å². The average Bonchev–Trinajstić information content (AvgIpc) is 2.97. The number of ether oxygens (including phenoxy) is 2. The molecule has 1 aromatic carbocycles. The highest BCUT2D eigenvalue weighted by atomic mass is 16.5. The predicted octanol–water partition coefficient (Wildman–Crippen LogP) is 2.82. The molecule has 0 aliphatic rings. The lowest BCUT2D eigenvalue weighted by atomic mass is 10.1. The van der Waals surface area contributed by atoms with Gasteiger partial charge in [-0.2, -0.15) is 4.98 Å². The Bertz CT molecular complexity index is 541. The van der Waals surface area contributed by atoms with Gasteiger partial charge in [0.25, 0.3) is 5.89 Å². The third-order valence-corrected chi connectivity index (χ3v) is 2.66. The summed E-state index contributed by atoms with van der Waals surface area (Å²) < 4.78 is 15.3. The van der Waals surface area contributed by atoms with Crippen molar-refractivity contribution in [2.24, 2.45) is 0 Å². The van der Waals surface area contributed by atoms with E-state index >= 15 is 0 Å². The van der Waals surface area contributed by atoms with Gasteiger partial charge in [0.05, 0.1) is 13.2 Å². The van der Waals surface area contributed by atoms with Gasteiger partial charge in [0.15, 0.2) is 0 Å². The Morgan fingerprint density at radius 1 is 1.24 bits per heavy atom. The molecule has 6 nitrogen and oxygen atoms in total. The standard InChI is InChI=1S/C13H17N3O3.C2H6/c1-9-3-4-10(7-11(9)14)13-15-12(19-16-13)8-18-6-5-17-2;1-2/h3-4,7H,5-6,8,14H2,1-2H3;1-2H3. The van der Waals surface area contributed by atoms with Crippen molar-refractivity contribution >= 4 is 5.69 Å². The number of anilines is 1. The zero-order valence-electron chi connectivity index (χ0n) is 13.0. The van der Waals surface area contributed by atoms with E-state index in [-0.39, 0.29) is 6.61 Å². The predicted molar refractivity (Wildman–Crippen MR) is 81.8 cm³/mol. The van der Waals surface area contributed by atoms with Crippen LogP contribution in [-0.2, 0) is 16.1 Å². The lowest BCUT2D eigenvalue weighted by molar-refractivity contribution is 0.0494. The summed E-state index contributed by atoms with van der Waals surface area (Å²) in [4.78, 5) is 4.25. The van der Waals surface area contributed by atoms with Gasteiger partial charge in [-0.3, -0.25) is 0 Å². The van der Waals surface area contributed by atoms with Crippen molar-refractivity contribution in [3.63, 3.8) is 0 Å². The third kappa shape index (κ3) is 5.17. The van der Waals surface area contributed by atoms with Crippen molar-refractivity contribution in [2.75, 3.05) is 26.1 Å². The van der Waals surface area contributed by atoms with E-state index in [0.717, 1.165) is 11.1 Å². The van der Waals surface area contributed by atoms with Crippen molar-refractivity contribution in [1.29, 1.82) is 0 Å². The van der Waals surface area contributed by atoms with Crippen LogP contribution in [0.5, 0.6) is 0 Å². The largest absolute Gasteiger partial charge is 0.398 e. The van der Waals surface area contributed by atoms with Crippen LogP contribution in [0.3, 0.4) is 0 Å². The number of nitrogen functional groups attached to an aromatic ring is 1. The number of hydrogen-bond donors (Lipinski definition) is 1. The molecule has 0 bridgehead atoms. The van der Waals surface area contributed by atoms with E-state index in [1.54, 1.807) is 7.11 Å². The Morgan fingerprint density at radius 2 is 2.00 bits per heavy atom. The summed E-state index contributed by atoms with van der Waals surface area (Å²) in [6, 6.07) is 5.66. The van der Waals surface area contributed by atoms with Gasteiger partial charge in [-0.1, -0.05) is 31.1 Å². The first-order valence-corrected chi connectivity index (χ1v) is 6.96. The Kier molecular flexibility index (Phi) is 7.42. The van der Waals surface area contributed by atoms with Crippen LogP contribution in [0.2, 0.25) is 0 Å². The summed E-state index contributed by atoms with van der Waals surface area (Å²) in [5.74, 6) is 0.947. The SMILES string of the molecule is CC.COCCOCc1nc(-c2ccc(C)c(N)c2)no1. The molecule has 6 heteroatoms. The average molecular weight is 293 g/mol. The fourth-order valence-electron chi connectivity index (χ4n) is 1.51. The first kappa shape index (κ1) is 17.1. The molecular weight excluding hydrogens is 270 g/mol. The summed E-state index contributed by atoms with van der Waals surface area (Å²) in [5.41, 5.74) is 8.41. The molecule has 0 unspecified atom stereocenters. The monoisotopic (exact) mass is 293 g/mol. The van der Waals surface area contributed by atoms with Crippen LogP contribution in [0, 0.1) is 6.92 Å². The smallest absolute Gasteiger partial charge is 0.252 e. The Labute approximate surface area is 125 Å². The number of rotatable bonds is 6. The first-order chi connectivity index (χ1) is 10.2. The fourth-order valence-corrected chi connectivity index (χ4v) is 1.51. The molecule has 0 spiro atoms. The summed E-state index contributed by atoms with van der Waals surface area (Å²) in [6.07, 6.45) is 0. The highest BCUT2D eigenvalue weighted by Gasteiger charge is 2.09. The van der Waals surface area contributed by atoms with Crippen LogP contribution in [0.4, 0.5) is 5.69 Å². The highest BCUT2D eigenvalue weighted by molar-refractivity contribution is 5.63. The summed E-state index contributed by atoms with van der Waals surface area (Å²) in [5, 5.41) is 3.90.